The molecule has 0 aliphatic heterocycles. The molecule has 0 aliphatic rings. The zero-order chi connectivity index (χ0) is 26.3. The van der Waals surface area contributed by atoms with Crippen molar-refractivity contribution in [2.75, 3.05) is 21.3 Å². The van der Waals surface area contributed by atoms with Gasteiger partial charge in [-0.25, -0.2) is 4.98 Å². The van der Waals surface area contributed by atoms with E-state index < -0.39 is 11.6 Å². The van der Waals surface area contributed by atoms with Crippen molar-refractivity contribution in [1.82, 2.24) is 14.1 Å². The van der Waals surface area contributed by atoms with Crippen LogP contribution in [-0.2, 0) is 7.05 Å². The summed E-state index contributed by atoms with van der Waals surface area (Å²) in [6.45, 7) is 1.91. The van der Waals surface area contributed by atoms with Crippen molar-refractivity contribution in [1.29, 1.82) is 0 Å². The maximum absolute atomic E-state index is 14.2. The van der Waals surface area contributed by atoms with E-state index in [1.807, 2.05) is 49.4 Å². The van der Waals surface area contributed by atoms with E-state index in [1.165, 1.54) is 21.3 Å². The molecule has 2 heterocycles. The number of hydrogen-bond acceptors (Lipinski definition) is 6. The van der Waals surface area contributed by atoms with Gasteiger partial charge in [-0.1, -0.05) is 42.5 Å². The Balaban J connectivity index is 1.95. The predicted octanol–water partition coefficient (Wildman–Crippen LogP) is 4.55. The second kappa shape index (κ2) is 9.46. The first-order valence-electron chi connectivity index (χ1n) is 11.8. The van der Waals surface area contributed by atoms with Crippen LogP contribution in [0.1, 0.15) is 18.5 Å². The third-order valence-corrected chi connectivity index (χ3v) is 6.74. The maximum atomic E-state index is 14.2. The lowest BCUT2D eigenvalue weighted by molar-refractivity contribution is 0.324. The molecule has 2 aromatic heterocycles. The molecule has 188 valence electrons. The summed E-state index contributed by atoms with van der Waals surface area (Å²) >= 11 is 0. The van der Waals surface area contributed by atoms with Crippen LogP contribution >= 0.6 is 0 Å². The number of aryl methyl sites for hydroxylation is 1. The van der Waals surface area contributed by atoms with Crippen LogP contribution in [-0.4, -0.2) is 35.4 Å². The molecule has 37 heavy (non-hydrogen) atoms. The van der Waals surface area contributed by atoms with E-state index in [0.29, 0.717) is 45.2 Å². The Bertz CT molecular complexity index is 1730. The molecule has 0 saturated heterocycles. The van der Waals surface area contributed by atoms with Gasteiger partial charge in [0, 0.05) is 18.0 Å². The standard InChI is InChI=1S/C29H27N3O5/c1-17(18-11-7-6-8-12-18)32-27(19-15-22(35-3)26(37-5)23(16-19)36-4)30-28-24(29(32)34)25(33)20-13-9-10-14-21(20)31(28)2/h6-17H,1-5H3. The second-order valence-electron chi connectivity index (χ2n) is 8.72. The average molecular weight is 498 g/mol. The number of aromatic nitrogens is 3. The zero-order valence-corrected chi connectivity index (χ0v) is 21.3. The van der Waals surface area contributed by atoms with Crippen molar-refractivity contribution in [3.05, 3.63) is 92.9 Å². The number of nitrogens with zero attached hydrogens (tertiary/aromatic N) is 3. The number of methoxy groups -OCH3 is 3. The van der Waals surface area contributed by atoms with Gasteiger partial charge in [-0.15, -0.1) is 0 Å². The molecule has 0 spiro atoms. The molecule has 0 N–H and O–H groups in total. The van der Waals surface area contributed by atoms with Crippen LogP contribution < -0.4 is 25.2 Å². The Morgan fingerprint density at radius 1 is 0.838 bits per heavy atom. The van der Waals surface area contributed by atoms with E-state index in [9.17, 15) is 9.59 Å². The van der Waals surface area contributed by atoms with Crippen LogP contribution in [0.5, 0.6) is 17.2 Å². The smallest absolute Gasteiger partial charge is 0.267 e. The van der Waals surface area contributed by atoms with E-state index >= 15 is 0 Å². The molecule has 3 aromatic carbocycles. The Morgan fingerprint density at radius 3 is 2.08 bits per heavy atom. The average Bonchev–Trinajstić information content (AvgIpc) is 2.94. The second-order valence-corrected chi connectivity index (χ2v) is 8.72. The van der Waals surface area contributed by atoms with Crippen LogP contribution in [0.3, 0.4) is 0 Å². The predicted molar refractivity (Wildman–Crippen MR) is 144 cm³/mol. The van der Waals surface area contributed by atoms with E-state index in [1.54, 1.807) is 40.4 Å². The summed E-state index contributed by atoms with van der Waals surface area (Å²) < 4.78 is 20.0. The molecular weight excluding hydrogens is 470 g/mol. The van der Waals surface area contributed by atoms with Gasteiger partial charge in [0.05, 0.1) is 32.9 Å². The van der Waals surface area contributed by atoms with E-state index in [2.05, 4.69) is 0 Å². The van der Waals surface area contributed by atoms with E-state index in [4.69, 9.17) is 19.2 Å². The third kappa shape index (κ3) is 3.81. The fourth-order valence-corrected chi connectivity index (χ4v) is 4.82. The highest BCUT2D eigenvalue weighted by molar-refractivity contribution is 5.92. The van der Waals surface area contributed by atoms with Gasteiger partial charge < -0.3 is 18.8 Å². The van der Waals surface area contributed by atoms with Gasteiger partial charge in [-0.3, -0.25) is 14.2 Å². The van der Waals surface area contributed by atoms with Gasteiger partial charge in [0.15, 0.2) is 17.1 Å². The van der Waals surface area contributed by atoms with Crippen LogP contribution in [0, 0.1) is 0 Å². The normalized spacial score (nSPS) is 12.0. The summed E-state index contributed by atoms with van der Waals surface area (Å²) in [5.74, 6) is 1.66. The molecule has 0 aliphatic carbocycles. The number of hydrogen-bond donors (Lipinski definition) is 0. The first-order chi connectivity index (χ1) is 17.9. The SMILES string of the molecule is COc1cc(-c2nc3c(c(=O)c4ccccc4n3C)c(=O)n2C(C)c2ccccc2)cc(OC)c1OC. The van der Waals surface area contributed by atoms with Gasteiger partial charge in [-0.05, 0) is 36.8 Å². The van der Waals surface area contributed by atoms with Gasteiger partial charge in [-0.2, -0.15) is 0 Å². The number of ether oxygens (including phenoxy) is 3. The minimum atomic E-state index is -0.420. The van der Waals surface area contributed by atoms with Gasteiger partial charge >= 0.3 is 0 Å². The molecule has 5 rings (SSSR count). The summed E-state index contributed by atoms with van der Waals surface area (Å²) in [6.07, 6.45) is 0. The fourth-order valence-electron chi connectivity index (χ4n) is 4.82. The summed E-state index contributed by atoms with van der Waals surface area (Å²) in [5, 5.41) is 0.510. The van der Waals surface area contributed by atoms with Crippen LogP contribution in [0.15, 0.2) is 76.3 Å². The Hall–Kier alpha value is -4.59. The molecule has 8 nitrogen and oxygen atoms in total. The molecule has 0 radical (unpaired) electrons. The highest BCUT2D eigenvalue weighted by atomic mass is 16.5. The van der Waals surface area contributed by atoms with Crippen LogP contribution in [0.25, 0.3) is 33.3 Å². The van der Waals surface area contributed by atoms with Gasteiger partial charge in [0.25, 0.3) is 5.56 Å². The molecular formula is C29H27N3O5. The van der Waals surface area contributed by atoms with E-state index in [-0.39, 0.29) is 10.8 Å². The van der Waals surface area contributed by atoms with Crippen molar-refractivity contribution in [3.8, 4) is 28.6 Å². The van der Waals surface area contributed by atoms with Gasteiger partial charge in [0.1, 0.15) is 11.2 Å². The van der Waals surface area contributed by atoms with Crippen molar-refractivity contribution in [2.45, 2.75) is 13.0 Å². The summed E-state index contributed by atoms with van der Waals surface area (Å²) in [4.78, 5) is 32.7. The summed E-state index contributed by atoms with van der Waals surface area (Å²) in [7, 11) is 6.40. The summed E-state index contributed by atoms with van der Waals surface area (Å²) in [5.41, 5.74) is 1.71. The number of fused-ring (bicyclic) bond motifs is 2. The van der Waals surface area contributed by atoms with Crippen molar-refractivity contribution in [3.63, 3.8) is 0 Å². The van der Waals surface area contributed by atoms with Gasteiger partial charge in [0.2, 0.25) is 11.2 Å². The molecule has 5 aromatic rings. The molecule has 1 unspecified atom stereocenters. The highest BCUT2D eigenvalue weighted by Crippen LogP contribution is 2.41. The van der Waals surface area contributed by atoms with E-state index in [0.717, 1.165) is 5.56 Å². The lowest BCUT2D eigenvalue weighted by atomic mass is 10.1. The lowest BCUT2D eigenvalue weighted by Gasteiger charge is -2.22. The van der Waals surface area contributed by atoms with Crippen LogP contribution in [0.4, 0.5) is 0 Å². The molecule has 0 bridgehead atoms. The molecule has 8 heteroatoms. The molecule has 1 atom stereocenters. The minimum Gasteiger partial charge on any atom is -0.493 e. The highest BCUT2D eigenvalue weighted by Gasteiger charge is 2.24. The van der Waals surface area contributed by atoms with Crippen molar-refractivity contribution < 1.29 is 14.2 Å². The Labute approximate surface area is 213 Å². The third-order valence-electron chi connectivity index (χ3n) is 6.74. The lowest BCUT2D eigenvalue weighted by Crippen LogP contribution is -2.31. The number of benzene rings is 3. The van der Waals surface area contributed by atoms with Crippen LogP contribution in [0.2, 0.25) is 0 Å². The number of para-hydroxylation sites is 1. The van der Waals surface area contributed by atoms with Crippen molar-refractivity contribution >= 4 is 21.9 Å². The number of pyridine rings is 1. The molecule has 0 saturated carbocycles. The Morgan fingerprint density at radius 2 is 1.46 bits per heavy atom. The number of rotatable bonds is 6. The first-order valence-corrected chi connectivity index (χ1v) is 11.8. The molecule has 0 fully saturated rings. The zero-order valence-electron chi connectivity index (χ0n) is 21.3. The largest absolute Gasteiger partial charge is 0.493 e. The minimum absolute atomic E-state index is 0.0418. The summed E-state index contributed by atoms with van der Waals surface area (Å²) in [6, 6.07) is 19.9. The molecule has 0 amide bonds. The topological polar surface area (TPSA) is 84.6 Å². The fraction of sp³-hybridized carbons (Fsp3) is 0.207. The quantitative estimate of drug-likeness (QED) is 0.320. The monoisotopic (exact) mass is 497 g/mol. The Kier molecular flexibility index (Phi) is 6.17. The van der Waals surface area contributed by atoms with Crippen molar-refractivity contribution in [2.24, 2.45) is 7.05 Å². The maximum Gasteiger partial charge on any atom is 0.267 e. The first kappa shape index (κ1) is 24.1.